The molecular weight excluding hydrogens is 346 g/mol. The van der Waals surface area contributed by atoms with Gasteiger partial charge in [0.15, 0.2) is 0 Å². The molecule has 0 fully saturated rings. The molecule has 0 amide bonds. The van der Waals surface area contributed by atoms with Gasteiger partial charge in [-0.05, 0) is 38.7 Å². The lowest BCUT2D eigenvalue weighted by atomic mass is 9.81. The highest BCUT2D eigenvalue weighted by molar-refractivity contribution is 5.14. The fourth-order valence-electron chi connectivity index (χ4n) is 4.31. The maximum atomic E-state index is 10.1. The SMILES string of the molecule is CCCCCCCCCCCC(CC(C)O)(CC(C)O)NCc1ccccc1. The summed E-state index contributed by atoms with van der Waals surface area (Å²) in [6.07, 6.45) is 13.4. The topological polar surface area (TPSA) is 52.5 Å². The number of aliphatic hydroxyl groups excluding tert-OH is 2. The van der Waals surface area contributed by atoms with Gasteiger partial charge in [-0.2, -0.15) is 0 Å². The third kappa shape index (κ3) is 11.8. The maximum Gasteiger partial charge on any atom is 0.0529 e. The molecule has 28 heavy (non-hydrogen) atoms. The number of hydrogen-bond donors (Lipinski definition) is 3. The standard InChI is InChI=1S/C25H45NO2/c1-4-5-6-7-8-9-10-11-15-18-25(19-22(2)27,20-23(3)28)26-21-24-16-13-12-14-17-24/h12-14,16-17,22-23,26-28H,4-11,15,18-21H2,1-3H3. The molecule has 0 aliphatic heterocycles. The Morgan fingerprint density at radius 1 is 0.786 bits per heavy atom. The first-order valence-corrected chi connectivity index (χ1v) is 11.6. The molecule has 3 heteroatoms. The summed E-state index contributed by atoms with van der Waals surface area (Å²) in [7, 11) is 0. The quantitative estimate of drug-likeness (QED) is 0.286. The van der Waals surface area contributed by atoms with E-state index in [0.717, 1.165) is 19.4 Å². The van der Waals surface area contributed by atoms with Crippen LogP contribution in [0.15, 0.2) is 30.3 Å². The zero-order chi connectivity index (χ0) is 20.7. The second-order valence-electron chi connectivity index (χ2n) is 8.80. The van der Waals surface area contributed by atoms with E-state index in [2.05, 4.69) is 36.5 Å². The van der Waals surface area contributed by atoms with E-state index < -0.39 is 0 Å². The van der Waals surface area contributed by atoms with Crippen LogP contribution in [0.2, 0.25) is 0 Å². The Balaban J connectivity index is 2.51. The number of nitrogens with one attached hydrogen (secondary N) is 1. The van der Waals surface area contributed by atoms with E-state index in [0.29, 0.717) is 12.8 Å². The summed E-state index contributed by atoms with van der Waals surface area (Å²) in [5.41, 5.74) is 1.04. The minimum Gasteiger partial charge on any atom is -0.393 e. The molecule has 0 saturated carbocycles. The highest BCUT2D eigenvalue weighted by Gasteiger charge is 2.32. The first-order chi connectivity index (χ1) is 13.5. The van der Waals surface area contributed by atoms with Crippen molar-refractivity contribution in [1.29, 1.82) is 0 Å². The van der Waals surface area contributed by atoms with Crippen LogP contribution in [0.1, 0.15) is 103 Å². The molecule has 0 radical (unpaired) electrons. The summed E-state index contributed by atoms with van der Waals surface area (Å²) < 4.78 is 0. The van der Waals surface area contributed by atoms with E-state index in [1.165, 1.54) is 56.9 Å². The van der Waals surface area contributed by atoms with Gasteiger partial charge in [0.25, 0.3) is 0 Å². The molecule has 3 nitrogen and oxygen atoms in total. The van der Waals surface area contributed by atoms with Crippen LogP contribution in [0.25, 0.3) is 0 Å². The lowest BCUT2D eigenvalue weighted by molar-refractivity contribution is 0.0775. The van der Waals surface area contributed by atoms with Crippen molar-refractivity contribution in [2.24, 2.45) is 0 Å². The average Bonchev–Trinajstić information content (AvgIpc) is 2.65. The minimum absolute atomic E-state index is 0.209. The van der Waals surface area contributed by atoms with Gasteiger partial charge in [0.2, 0.25) is 0 Å². The second-order valence-corrected chi connectivity index (χ2v) is 8.80. The number of rotatable bonds is 17. The smallest absolute Gasteiger partial charge is 0.0529 e. The van der Waals surface area contributed by atoms with E-state index >= 15 is 0 Å². The number of hydrogen-bond acceptors (Lipinski definition) is 3. The Hall–Kier alpha value is -0.900. The lowest BCUT2D eigenvalue weighted by Crippen LogP contribution is -2.49. The van der Waals surface area contributed by atoms with Crippen molar-refractivity contribution in [3.63, 3.8) is 0 Å². The molecule has 0 aromatic heterocycles. The summed E-state index contributed by atoms with van der Waals surface area (Å²) in [5, 5.41) is 24.0. The Morgan fingerprint density at radius 3 is 1.79 bits per heavy atom. The van der Waals surface area contributed by atoms with Crippen LogP contribution in [0.4, 0.5) is 0 Å². The molecule has 0 saturated heterocycles. The van der Waals surface area contributed by atoms with E-state index in [-0.39, 0.29) is 17.7 Å². The monoisotopic (exact) mass is 391 g/mol. The summed E-state index contributed by atoms with van der Waals surface area (Å²) in [5.74, 6) is 0. The third-order valence-corrected chi connectivity index (χ3v) is 5.64. The molecule has 1 rings (SSSR count). The Labute approximate surface area is 174 Å². The molecule has 1 aromatic carbocycles. The van der Waals surface area contributed by atoms with Crippen molar-refractivity contribution in [3.8, 4) is 0 Å². The van der Waals surface area contributed by atoms with Crippen LogP contribution >= 0.6 is 0 Å². The van der Waals surface area contributed by atoms with Crippen molar-refractivity contribution in [2.75, 3.05) is 0 Å². The molecule has 162 valence electrons. The normalized spacial score (nSPS) is 15.9. The first kappa shape index (κ1) is 25.1. The van der Waals surface area contributed by atoms with Crippen LogP contribution in [0, 0.1) is 0 Å². The van der Waals surface area contributed by atoms with Crippen molar-refractivity contribution < 1.29 is 10.2 Å². The molecule has 2 unspecified atom stereocenters. The van der Waals surface area contributed by atoms with Gasteiger partial charge in [0.1, 0.15) is 0 Å². The van der Waals surface area contributed by atoms with E-state index in [1.54, 1.807) is 0 Å². The van der Waals surface area contributed by atoms with Crippen LogP contribution in [0.5, 0.6) is 0 Å². The average molecular weight is 392 g/mol. The minimum atomic E-state index is -0.374. The summed E-state index contributed by atoms with van der Waals surface area (Å²) >= 11 is 0. The van der Waals surface area contributed by atoms with Crippen molar-refractivity contribution >= 4 is 0 Å². The van der Waals surface area contributed by atoms with Gasteiger partial charge in [-0.15, -0.1) is 0 Å². The van der Waals surface area contributed by atoms with Crippen molar-refractivity contribution in [3.05, 3.63) is 35.9 Å². The fourth-order valence-corrected chi connectivity index (χ4v) is 4.31. The zero-order valence-corrected chi connectivity index (χ0v) is 18.6. The predicted octanol–water partition coefficient (Wildman–Crippen LogP) is 5.98. The largest absolute Gasteiger partial charge is 0.393 e. The van der Waals surface area contributed by atoms with Crippen LogP contribution in [-0.4, -0.2) is 28.0 Å². The third-order valence-electron chi connectivity index (χ3n) is 5.64. The number of benzene rings is 1. The molecule has 0 spiro atoms. The molecule has 0 bridgehead atoms. The van der Waals surface area contributed by atoms with Crippen molar-refractivity contribution in [2.45, 2.75) is 122 Å². The van der Waals surface area contributed by atoms with Gasteiger partial charge in [0, 0.05) is 12.1 Å². The molecule has 3 N–H and O–H groups in total. The number of aliphatic hydroxyl groups is 2. The van der Waals surface area contributed by atoms with Crippen LogP contribution in [-0.2, 0) is 6.54 Å². The van der Waals surface area contributed by atoms with E-state index in [4.69, 9.17) is 0 Å². The van der Waals surface area contributed by atoms with Gasteiger partial charge in [-0.1, -0.05) is 95.0 Å². The van der Waals surface area contributed by atoms with Gasteiger partial charge < -0.3 is 15.5 Å². The summed E-state index contributed by atoms with van der Waals surface area (Å²) in [6.45, 7) is 6.75. The fraction of sp³-hybridized carbons (Fsp3) is 0.760. The first-order valence-electron chi connectivity index (χ1n) is 11.6. The van der Waals surface area contributed by atoms with Gasteiger partial charge in [-0.25, -0.2) is 0 Å². The highest BCUT2D eigenvalue weighted by Crippen LogP contribution is 2.28. The van der Waals surface area contributed by atoms with Crippen molar-refractivity contribution in [1.82, 2.24) is 5.32 Å². The molecule has 0 aliphatic carbocycles. The highest BCUT2D eigenvalue weighted by atomic mass is 16.3. The van der Waals surface area contributed by atoms with Gasteiger partial charge >= 0.3 is 0 Å². The van der Waals surface area contributed by atoms with E-state index in [9.17, 15) is 10.2 Å². The van der Waals surface area contributed by atoms with Gasteiger partial charge in [0.05, 0.1) is 12.2 Å². The van der Waals surface area contributed by atoms with E-state index in [1.807, 2.05) is 19.9 Å². The Morgan fingerprint density at radius 2 is 1.29 bits per heavy atom. The molecule has 0 heterocycles. The molecular formula is C25H45NO2. The molecule has 2 atom stereocenters. The summed E-state index contributed by atoms with van der Waals surface area (Å²) in [4.78, 5) is 0. The van der Waals surface area contributed by atoms with Crippen LogP contribution in [0.3, 0.4) is 0 Å². The summed E-state index contributed by atoms with van der Waals surface area (Å²) in [6, 6.07) is 10.4. The maximum absolute atomic E-state index is 10.1. The lowest BCUT2D eigenvalue weighted by Gasteiger charge is -2.38. The van der Waals surface area contributed by atoms with Crippen LogP contribution < -0.4 is 5.32 Å². The van der Waals surface area contributed by atoms with Gasteiger partial charge in [-0.3, -0.25) is 0 Å². The second kappa shape index (κ2) is 15.0. The zero-order valence-electron chi connectivity index (χ0n) is 18.6. The predicted molar refractivity (Wildman–Crippen MR) is 120 cm³/mol. The Bertz CT molecular complexity index is 463. The number of unbranched alkanes of at least 4 members (excludes halogenated alkanes) is 8. The Kier molecular flexibility index (Phi) is 13.5. The molecule has 1 aromatic rings. The molecule has 0 aliphatic rings.